The summed E-state index contributed by atoms with van der Waals surface area (Å²) < 4.78 is 46.9. The van der Waals surface area contributed by atoms with Crippen LogP contribution in [0.2, 0.25) is 0 Å². The van der Waals surface area contributed by atoms with Crippen molar-refractivity contribution in [2.45, 2.75) is 19.0 Å². The average molecular weight is 497 g/mol. The fourth-order valence-electron chi connectivity index (χ4n) is 4.39. The van der Waals surface area contributed by atoms with Crippen molar-refractivity contribution in [3.05, 3.63) is 71.4 Å². The molecule has 0 aliphatic carbocycles. The molecule has 4 aromatic rings. The van der Waals surface area contributed by atoms with Crippen molar-refractivity contribution in [1.82, 2.24) is 19.5 Å². The number of methoxy groups -OCH3 is 1. The van der Waals surface area contributed by atoms with E-state index in [-0.39, 0.29) is 17.3 Å². The van der Waals surface area contributed by atoms with Crippen LogP contribution in [0, 0.1) is 0 Å². The number of rotatable bonds is 4. The number of ether oxygens (including phenoxy) is 1. The van der Waals surface area contributed by atoms with Gasteiger partial charge in [0.05, 0.1) is 12.7 Å². The molecule has 1 aliphatic rings. The van der Waals surface area contributed by atoms with E-state index in [9.17, 15) is 23.1 Å². The SMILES string of the molecule is COc1ccc(C(F)(F)F)cc1-c1cccn2nc(Nc3ccc4c(c3)CCN(C(=O)O)CC4)nc12. The van der Waals surface area contributed by atoms with Crippen LogP contribution < -0.4 is 10.1 Å². The number of hydrogen-bond donors (Lipinski definition) is 2. The minimum absolute atomic E-state index is 0.255. The molecule has 0 unspecified atom stereocenters. The predicted octanol–water partition coefficient (Wildman–Crippen LogP) is 5.25. The zero-order valence-electron chi connectivity index (χ0n) is 19.2. The van der Waals surface area contributed by atoms with Gasteiger partial charge in [-0.25, -0.2) is 9.31 Å². The number of fused-ring (bicyclic) bond motifs is 2. The molecular formula is C25H22F3N5O3. The number of amides is 1. The Kier molecular flexibility index (Phi) is 5.91. The molecule has 11 heteroatoms. The van der Waals surface area contributed by atoms with E-state index in [2.05, 4.69) is 15.4 Å². The molecule has 1 aliphatic heterocycles. The Morgan fingerprint density at radius 2 is 1.83 bits per heavy atom. The lowest BCUT2D eigenvalue weighted by Crippen LogP contribution is -2.31. The third-order valence-electron chi connectivity index (χ3n) is 6.21. The molecule has 1 amide bonds. The maximum absolute atomic E-state index is 13.4. The number of alkyl halides is 3. The molecule has 3 heterocycles. The molecule has 186 valence electrons. The average Bonchev–Trinajstić information content (AvgIpc) is 3.13. The fraction of sp³-hybridized carbons (Fsp3) is 0.240. The number of nitrogens with one attached hydrogen (secondary N) is 1. The molecule has 0 fully saturated rings. The van der Waals surface area contributed by atoms with Crippen molar-refractivity contribution >= 4 is 23.4 Å². The van der Waals surface area contributed by atoms with Crippen LogP contribution in [0.4, 0.5) is 29.6 Å². The first kappa shape index (κ1) is 23.5. The third-order valence-corrected chi connectivity index (χ3v) is 6.21. The monoisotopic (exact) mass is 497 g/mol. The lowest BCUT2D eigenvalue weighted by Gasteiger charge is -2.15. The molecule has 0 radical (unpaired) electrons. The largest absolute Gasteiger partial charge is 0.496 e. The van der Waals surface area contributed by atoms with E-state index in [4.69, 9.17) is 4.74 Å². The Labute approximate surface area is 203 Å². The highest BCUT2D eigenvalue weighted by molar-refractivity contribution is 5.82. The van der Waals surface area contributed by atoms with Gasteiger partial charge in [-0.1, -0.05) is 6.07 Å². The van der Waals surface area contributed by atoms with Crippen molar-refractivity contribution in [2.24, 2.45) is 0 Å². The Hall–Kier alpha value is -4.28. The van der Waals surface area contributed by atoms with Crippen molar-refractivity contribution in [2.75, 3.05) is 25.5 Å². The minimum Gasteiger partial charge on any atom is -0.496 e. The normalized spacial score (nSPS) is 13.8. The van der Waals surface area contributed by atoms with Crippen molar-refractivity contribution < 1.29 is 27.8 Å². The van der Waals surface area contributed by atoms with Crippen LogP contribution >= 0.6 is 0 Å². The summed E-state index contributed by atoms with van der Waals surface area (Å²) in [6.45, 7) is 0.867. The minimum atomic E-state index is -4.50. The molecule has 0 bridgehead atoms. The number of aromatic nitrogens is 3. The fourth-order valence-corrected chi connectivity index (χ4v) is 4.39. The number of halogens is 3. The van der Waals surface area contributed by atoms with Crippen LogP contribution in [0.5, 0.6) is 5.75 Å². The Morgan fingerprint density at radius 3 is 2.56 bits per heavy atom. The van der Waals surface area contributed by atoms with E-state index < -0.39 is 17.8 Å². The molecule has 0 spiro atoms. The molecule has 0 saturated heterocycles. The van der Waals surface area contributed by atoms with Crippen LogP contribution in [0.15, 0.2) is 54.7 Å². The van der Waals surface area contributed by atoms with E-state index in [0.29, 0.717) is 37.1 Å². The highest BCUT2D eigenvalue weighted by Gasteiger charge is 2.31. The lowest BCUT2D eigenvalue weighted by molar-refractivity contribution is -0.137. The van der Waals surface area contributed by atoms with Crippen LogP contribution in [0.1, 0.15) is 16.7 Å². The van der Waals surface area contributed by atoms with Crippen LogP contribution in [0.25, 0.3) is 16.8 Å². The summed E-state index contributed by atoms with van der Waals surface area (Å²) in [4.78, 5) is 17.3. The van der Waals surface area contributed by atoms with Gasteiger partial charge in [-0.3, -0.25) is 0 Å². The van der Waals surface area contributed by atoms with Crippen LogP contribution in [-0.2, 0) is 19.0 Å². The molecule has 5 rings (SSSR count). The maximum Gasteiger partial charge on any atom is 0.416 e. The summed E-state index contributed by atoms with van der Waals surface area (Å²) in [6, 6.07) is 12.4. The lowest BCUT2D eigenvalue weighted by atomic mass is 10.0. The predicted molar refractivity (Wildman–Crippen MR) is 127 cm³/mol. The van der Waals surface area contributed by atoms with Gasteiger partial charge < -0.3 is 20.1 Å². The van der Waals surface area contributed by atoms with Gasteiger partial charge in [0.15, 0.2) is 5.65 Å². The molecule has 0 atom stereocenters. The Balaban J connectivity index is 1.47. The van der Waals surface area contributed by atoms with Gasteiger partial charge in [0.25, 0.3) is 0 Å². The summed E-state index contributed by atoms with van der Waals surface area (Å²) >= 11 is 0. The first-order valence-corrected chi connectivity index (χ1v) is 11.2. The van der Waals surface area contributed by atoms with E-state index in [1.165, 1.54) is 22.6 Å². The van der Waals surface area contributed by atoms with Crippen molar-refractivity contribution in [3.8, 4) is 16.9 Å². The van der Waals surface area contributed by atoms with Crippen molar-refractivity contribution in [1.29, 1.82) is 0 Å². The molecule has 0 saturated carbocycles. The summed E-state index contributed by atoms with van der Waals surface area (Å²) in [5.74, 6) is 0.559. The highest BCUT2D eigenvalue weighted by atomic mass is 19.4. The maximum atomic E-state index is 13.4. The van der Waals surface area contributed by atoms with Crippen LogP contribution in [-0.4, -0.2) is 50.9 Å². The molecule has 36 heavy (non-hydrogen) atoms. The van der Waals surface area contributed by atoms with Gasteiger partial charge in [0, 0.05) is 36.1 Å². The van der Waals surface area contributed by atoms with Crippen molar-refractivity contribution in [3.63, 3.8) is 0 Å². The summed E-state index contributed by atoms with van der Waals surface area (Å²) in [5, 5.41) is 16.9. The Morgan fingerprint density at radius 1 is 1.06 bits per heavy atom. The number of anilines is 2. The number of carbonyl (C=O) groups is 1. The zero-order chi connectivity index (χ0) is 25.4. The van der Waals surface area contributed by atoms with Gasteiger partial charge in [-0.05, 0) is 66.4 Å². The van der Waals surface area contributed by atoms with E-state index >= 15 is 0 Å². The molecule has 2 aromatic heterocycles. The number of pyridine rings is 1. The quantitative estimate of drug-likeness (QED) is 0.400. The second kappa shape index (κ2) is 9.06. The highest BCUT2D eigenvalue weighted by Crippen LogP contribution is 2.38. The molecule has 8 nitrogen and oxygen atoms in total. The standard InChI is InChI=1S/C25H22F3N5O3/c1-36-21-7-5-17(25(26,27)28)14-20(21)19-3-2-10-33-22(19)30-23(31-33)29-18-6-4-15-8-11-32(24(34)35)12-9-16(15)13-18/h2-7,10,13-14H,8-9,11-12H2,1H3,(H,29,31)(H,34,35). The van der Waals surface area contributed by atoms with E-state index in [0.717, 1.165) is 28.9 Å². The Bertz CT molecular complexity index is 1450. The van der Waals surface area contributed by atoms with Crippen LogP contribution in [0.3, 0.4) is 0 Å². The molecule has 2 N–H and O–H groups in total. The van der Waals surface area contributed by atoms with E-state index in [1.807, 2.05) is 18.2 Å². The van der Waals surface area contributed by atoms with Gasteiger partial charge in [-0.2, -0.15) is 18.2 Å². The van der Waals surface area contributed by atoms with E-state index in [1.54, 1.807) is 18.3 Å². The molecule has 2 aromatic carbocycles. The van der Waals surface area contributed by atoms with Gasteiger partial charge >= 0.3 is 12.3 Å². The zero-order valence-corrected chi connectivity index (χ0v) is 19.2. The topological polar surface area (TPSA) is 92.0 Å². The number of benzene rings is 2. The smallest absolute Gasteiger partial charge is 0.416 e. The first-order valence-electron chi connectivity index (χ1n) is 11.2. The summed E-state index contributed by atoms with van der Waals surface area (Å²) in [7, 11) is 1.40. The van der Waals surface area contributed by atoms with Gasteiger partial charge in [0.1, 0.15) is 5.75 Å². The number of carboxylic acid groups (broad SMARTS) is 1. The second-order valence-electron chi connectivity index (χ2n) is 8.42. The third kappa shape index (κ3) is 4.51. The number of nitrogens with zero attached hydrogens (tertiary/aromatic N) is 4. The summed E-state index contributed by atoms with van der Waals surface area (Å²) in [5.41, 5.74) is 3.13. The van der Waals surface area contributed by atoms with Gasteiger partial charge in [0.2, 0.25) is 5.95 Å². The molecular weight excluding hydrogens is 475 g/mol. The van der Waals surface area contributed by atoms with Gasteiger partial charge in [-0.15, -0.1) is 5.10 Å². The second-order valence-corrected chi connectivity index (χ2v) is 8.42. The number of hydrogen-bond acceptors (Lipinski definition) is 5. The summed E-state index contributed by atoms with van der Waals surface area (Å²) in [6.07, 6.45) is -2.54. The first-order chi connectivity index (χ1) is 17.2.